The van der Waals surface area contributed by atoms with Gasteiger partial charge < -0.3 is 9.84 Å². The third-order valence-corrected chi connectivity index (χ3v) is 5.48. The molecule has 0 spiro atoms. The highest BCUT2D eigenvalue weighted by molar-refractivity contribution is 5.69. The molecule has 4 heteroatoms. The average molecular weight is 426 g/mol. The zero-order chi connectivity index (χ0) is 22.5. The first-order valence-corrected chi connectivity index (χ1v) is 11.6. The maximum Gasteiger partial charge on any atom is 0.305 e. The normalized spacial score (nSPS) is 13.4. The first-order chi connectivity index (χ1) is 15.0. The zero-order valence-corrected chi connectivity index (χ0v) is 19.4. The van der Waals surface area contributed by atoms with E-state index in [1.807, 2.05) is 36.4 Å². The van der Waals surface area contributed by atoms with Gasteiger partial charge in [-0.25, -0.2) is 0 Å². The molecule has 0 radical (unpaired) electrons. The summed E-state index contributed by atoms with van der Waals surface area (Å²) in [7, 11) is 0. The van der Waals surface area contributed by atoms with Gasteiger partial charge in [0.05, 0.1) is 0 Å². The second kappa shape index (κ2) is 14.0. The summed E-state index contributed by atoms with van der Waals surface area (Å²) in [6.07, 6.45) is 3.46. The van der Waals surface area contributed by atoms with E-state index in [2.05, 4.69) is 49.9 Å². The molecule has 0 saturated carbocycles. The van der Waals surface area contributed by atoms with E-state index in [1.165, 1.54) is 11.1 Å². The van der Waals surface area contributed by atoms with Crippen molar-refractivity contribution in [1.29, 1.82) is 0 Å². The minimum absolute atomic E-state index is 0.0441. The number of aliphatic hydroxyl groups excluding tert-OH is 1. The van der Waals surface area contributed by atoms with Crippen molar-refractivity contribution in [2.75, 3.05) is 6.61 Å². The summed E-state index contributed by atoms with van der Waals surface area (Å²) >= 11 is 0. The Morgan fingerprint density at radius 1 is 0.935 bits per heavy atom. The molecule has 0 fully saturated rings. The summed E-state index contributed by atoms with van der Waals surface area (Å²) in [5, 5.41) is 11.1. The quantitative estimate of drug-likeness (QED) is 0.317. The molecule has 0 aromatic heterocycles. The van der Waals surface area contributed by atoms with Gasteiger partial charge in [-0.05, 0) is 29.9 Å². The zero-order valence-electron chi connectivity index (χ0n) is 19.4. The van der Waals surface area contributed by atoms with Crippen molar-refractivity contribution in [2.24, 2.45) is 5.92 Å². The highest BCUT2D eigenvalue weighted by Gasteiger charge is 2.28. The van der Waals surface area contributed by atoms with Crippen LogP contribution in [-0.4, -0.2) is 34.7 Å². The Morgan fingerprint density at radius 3 is 1.97 bits per heavy atom. The number of aliphatic hydroxyl groups is 1. The van der Waals surface area contributed by atoms with Crippen molar-refractivity contribution < 1.29 is 14.6 Å². The minimum Gasteiger partial charge on any atom is -0.463 e. The topological polar surface area (TPSA) is 49.8 Å². The van der Waals surface area contributed by atoms with Crippen LogP contribution in [0.25, 0.3) is 0 Å². The lowest BCUT2D eigenvalue weighted by molar-refractivity contribution is -0.148. The van der Waals surface area contributed by atoms with Crippen LogP contribution in [0.2, 0.25) is 0 Å². The van der Waals surface area contributed by atoms with Crippen molar-refractivity contribution in [3.05, 3.63) is 71.8 Å². The predicted octanol–water partition coefficient (Wildman–Crippen LogP) is 5.59. The lowest BCUT2D eigenvalue weighted by Crippen LogP contribution is -2.46. The van der Waals surface area contributed by atoms with E-state index < -0.39 is 6.10 Å². The van der Waals surface area contributed by atoms with E-state index in [9.17, 15) is 9.90 Å². The highest BCUT2D eigenvalue weighted by atomic mass is 16.5. The van der Waals surface area contributed by atoms with Gasteiger partial charge in [0, 0.05) is 25.6 Å². The van der Waals surface area contributed by atoms with Crippen molar-refractivity contribution in [3.8, 4) is 0 Å². The van der Waals surface area contributed by atoms with Crippen LogP contribution in [0.4, 0.5) is 0 Å². The molecular formula is C27H39NO3. The third kappa shape index (κ3) is 9.67. The number of ether oxygens (including phenoxy) is 1. The van der Waals surface area contributed by atoms with E-state index in [-0.39, 0.29) is 18.6 Å². The fourth-order valence-corrected chi connectivity index (χ4v) is 3.84. The molecule has 2 rings (SSSR count). The molecule has 0 aliphatic heterocycles. The Kier molecular flexibility index (Phi) is 11.3. The smallest absolute Gasteiger partial charge is 0.305 e. The van der Waals surface area contributed by atoms with Crippen LogP contribution in [0.3, 0.4) is 0 Å². The number of nitrogens with zero attached hydrogens (tertiary/aromatic N) is 1. The molecule has 2 aromatic rings. The van der Waals surface area contributed by atoms with Gasteiger partial charge in [-0.3, -0.25) is 9.69 Å². The molecule has 2 aromatic carbocycles. The lowest BCUT2D eigenvalue weighted by Gasteiger charge is -2.36. The summed E-state index contributed by atoms with van der Waals surface area (Å²) in [4.78, 5) is 14.4. The van der Waals surface area contributed by atoms with E-state index in [0.717, 1.165) is 38.8 Å². The van der Waals surface area contributed by atoms with Gasteiger partial charge in [-0.2, -0.15) is 0 Å². The van der Waals surface area contributed by atoms with Crippen LogP contribution in [0.15, 0.2) is 60.7 Å². The van der Waals surface area contributed by atoms with Crippen molar-refractivity contribution in [2.45, 2.75) is 78.1 Å². The van der Waals surface area contributed by atoms with Crippen LogP contribution in [0.1, 0.15) is 64.0 Å². The largest absolute Gasteiger partial charge is 0.463 e. The second-order valence-electron chi connectivity index (χ2n) is 8.78. The fourth-order valence-electron chi connectivity index (χ4n) is 3.84. The molecule has 0 aliphatic rings. The van der Waals surface area contributed by atoms with E-state index in [0.29, 0.717) is 12.3 Å². The van der Waals surface area contributed by atoms with Crippen LogP contribution in [0, 0.1) is 5.92 Å². The van der Waals surface area contributed by atoms with Gasteiger partial charge in [0.15, 0.2) is 0 Å². The monoisotopic (exact) mass is 425 g/mol. The number of rotatable bonds is 14. The Morgan fingerprint density at radius 2 is 1.48 bits per heavy atom. The average Bonchev–Trinajstić information content (AvgIpc) is 2.77. The summed E-state index contributed by atoms with van der Waals surface area (Å²) < 4.78 is 5.45. The predicted molar refractivity (Wildman–Crippen MR) is 126 cm³/mol. The number of carbonyl (C=O) groups excluding carboxylic acids is 1. The Hall–Kier alpha value is -2.17. The van der Waals surface area contributed by atoms with E-state index >= 15 is 0 Å². The number of esters is 1. The highest BCUT2D eigenvalue weighted by Crippen LogP contribution is 2.21. The van der Waals surface area contributed by atoms with Gasteiger partial charge in [0.2, 0.25) is 0 Å². The van der Waals surface area contributed by atoms with E-state index in [1.54, 1.807) is 0 Å². The summed E-state index contributed by atoms with van der Waals surface area (Å²) in [5.74, 6) is 0.197. The number of carbonyl (C=O) groups is 1. The summed E-state index contributed by atoms with van der Waals surface area (Å²) in [6.45, 7) is 7.95. The molecule has 0 heterocycles. The fraction of sp³-hybridized carbons (Fsp3) is 0.519. The molecule has 4 nitrogen and oxygen atoms in total. The first-order valence-electron chi connectivity index (χ1n) is 11.6. The van der Waals surface area contributed by atoms with Crippen LogP contribution in [0.5, 0.6) is 0 Å². The van der Waals surface area contributed by atoms with Crippen LogP contribution >= 0.6 is 0 Å². The Labute approximate surface area is 188 Å². The van der Waals surface area contributed by atoms with Crippen LogP contribution < -0.4 is 0 Å². The summed E-state index contributed by atoms with van der Waals surface area (Å²) in [5.41, 5.74) is 2.41. The molecule has 1 N–H and O–H groups in total. The first kappa shape index (κ1) is 25.1. The molecule has 0 amide bonds. The second-order valence-corrected chi connectivity index (χ2v) is 8.78. The molecule has 31 heavy (non-hydrogen) atoms. The maximum atomic E-state index is 12.1. The maximum absolute atomic E-state index is 12.1. The number of hydrogen-bond donors (Lipinski definition) is 1. The number of hydrogen-bond acceptors (Lipinski definition) is 4. The Bertz CT molecular complexity index is 691. The summed E-state index contributed by atoms with van der Waals surface area (Å²) in [6, 6.07) is 20.6. The molecule has 2 atom stereocenters. The van der Waals surface area contributed by atoms with Gasteiger partial charge in [-0.15, -0.1) is 0 Å². The molecule has 170 valence electrons. The van der Waals surface area contributed by atoms with E-state index in [4.69, 9.17) is 4.74 Å². The van der Waals surface area contributed by atoms with Crippen molar-refractivity contribution >= 4 is 5.97 Å². The van der Waals surface area contributed by atoms with Crippen molar-refractivity contribution in [3.63, 3.8) is 0 Å². The molecule has 0 bridgehead atoms. The SMILES string of the molecule is CCCCCC(=O)OC[C@H](O)[C@H](CC(C)C)N(Cc1ccccc1)Cc1ccccc1. The number of unbranched alkanes of at least 4 members (excludes halogenated alkanes) is 2. The Balaban J connectivity index is 2.13. The van der Waals surface area contributed by atoms with Gasteiger partial charge >= 0.3 is 5.97 Å². The lowest BCUT2D eigenvalue weighted by atomic mass is 9.96. The van der Waals surface area contributed by atoms with Gasteiger partial charge in [-0.1, -0.05) is 94.3 Å². The van der Waals surface area contributed by atoms with Crippen molar-refractivity contribution in [1.82, 2.24) is 4.90 Å². The molecular weight excluding hydrogens is 386 g/mol. The third-order valence-electron chi connectivity index (χ3n) is 5.48. The standard InChI is InChI=1S/C27H39NO3/c1-4-5-8-17-27(30)31-21-26(29)25(18-22(2)3)28(19-23-13-9-6-10-14-23)20-24-15-11-7-12-16-24/h6-7,9-16,22,25-26,29H,4-5,8,17-21H2,1-3H3/t25-,26-/m0/s1. The van der Waals surface area contributed by atoms with Crippen LogP contribution in [-0.2, 0) is 22.6 Å². The number of benzene rings is 2. The minimum atomic E-state index is -0.732. The molecule has 0 aliphatic carbocycles. The van der Waals surface area contributed by atoms with Gasteiger partial charge in [0.1, 0.15) is 12.7 Å². The molecule has 0 saturated heterocycles. The van der Waals surface area contributed by atoms with Gasteiger partial charge in [0.25, 0.3) is 0 Å². The molecule has 0 unspecified atom stereocenters.